The average Bonchev–Trinajstić information content (AvgIpc) is 2.52. The fraction of sp³-hybridized carbons (Fsp3) is 0.400. The van der Waals surface area contributed by atoms with Crippen LogP contribution < -0.4 is 9.47 Å². The van der Waals surface area contributed by atoms with Crippen molar-refractivity contribution >= 4 is 21.7 Å². The number of hydrogen-bond donors (Lipinski definition) is 2. The molecule has 1 unspecified atom stereocenters. The van der Waals surface area contributed by atoms with Crippen molar-refractivity contribution in [2.45, 2.75) is 11.9 Å². The van der Waals surface area contributed by atoms with E-state index in [1.807, 2.05) is 0 Å². The van der Waals surface area contributed by atoms with Crippen LogP contribution in [0.1, 0.15) is 17.4 Å². The molecule has 0 saturated carbocycles. The molecule has 2 N–H and O–H groups in total. The van der Waals surface area contributed by atoms with Crippen molar-refractivity contribution in [3.63, 3.8) is 0 Å². The lowest BCUT2D eigenvalue weighted by Crippen LogP contribution is -2.11. The third kappa shape index (κ3) is 2.69. The van der Waals surface area contributed by atoms with E-state index in [4.69, 9.17) is 25.6 Å². The SMILES string of the molecule is O=S(=O)(O)C(O)c1cc(Cl)c2c(c1)OCCCO2. The van der Waals surface area contributed by atoms with Gasteiger partial charge in [0.15, 0.2) is 11.5 Å². The Morgan fingerprint density at radius 2 is 1.94 bits per heavy atom. The zero-order chi connectivity index (χ0) is 13.3. The molecule has 1 aromatic rings. The number of ether oxygens (including phenoxy) is 2. The molecule has 1 aromatic carbocycles. The highest BCUT2D eigenvalue weighted by Crippen LogP contribution is 2.39. The maximum Gasteiger partial charge on any atom is 0.296 e. The topological polar surface area (TPSA) is 93.1 Å². The van der Waals surface area contributed by atoms with Crippen LogP contribution in [0.25, 0.3) is 0 Å². The molecule has 100 valence electrons. The minimum absolute atomic E-state index is 0.0771. The van der Waals surface area contributed by atoms with Gasteiger partial charge in [0.1, 0.15) is 0 Å². The Hall–Kier alpha value is -1.02. The highest BCUT2D eigenvalue weighted by Gasteiger charge is 2.25. The number of aliphatic hydroxyl groups excluding tert-OH is 1. The van der Waals surface area contributed by atoms with Crippen molar-refractivity contribution < 1.29 is 27.6 Å². The highest BCUT2D eigenvalue weighted by atomic mass is 35.5. The molecule has 1 heterocycles. The van der Waals surface area contributed by atoms with E-state index in [0.29, 0.717) is 25.4 Å². The van der Waals surface area contributed by atoms with E-state index in [9.17, 15) is 13.5 Å². The summed E-state index contributed by atoms with van der Waals surface area (Å²) >= 11 is 5.92. The average molecular weight is 295 g/mol. The zero-order valence-corrected chi connectivity index (χ0v) is 10.7. The molecule has 0 bridgehead atoms. The molecule has 0 aliphatic carbocycles. The molecule has 18 heavy (non-hydrogen) atoms. The van der Waals surface area contributed by atoms with E-state index < -0.39 is 15.6 Å². The second-order valence-electron chi connectivity index (χ2n) is 3.75. The van der Waals surface area contributed by atoms with Gasteiger partial charge in [0.25, 0.3) is 10.1 Å². The van der Waals surface area contributed by atoms with Crippen LogP contribution in [0.4, 0.5) is 0 Å². The summed E-state index contributed by atoms with van der Waals surface area (Å²) < 4.78 is 41.2. The number of halogens is 1. The maximum atomic E-state index is 10.9. The van der Waals surface area contributed by atoms with Crippen LogP contribution >= 0.6 is 11.6 Å². The summed E-state index contributed by atoms with van der Waals surface area (Å²) in [6.07, 6.45) is 0.668. The van der Waals surface area contributed by atoms with Crippen molar-refractivity contribution in [2.75, 3.05) is 13.2 Å². The molecule has 0 spiro atoms. The molecule has 0 aromatic heterocycles. The molecule has 0 amide bonds. The van der Waals surface area contributed by atoms with E-state index in [1.54, 1.807) is 0 Å². The number of fused-ring (bicyclic) bond motifs is 1. The fourth-order valence-electron chi connectivity index (χ4n) is 1.57. The molecule has 0 radical (unpaired) electrons. The largest absolute Gasteiger partial charge is 0.489 e. The molecule has 2 rings (SSSR count). The number of aliphatic hydroxyl groups is 1. The van der Waals surface area contributed by atoms with E-state index in [0.717, 1.165) is 0 Å². The number of rotatable bonds is 2. The lowest BCUT2D eigenvalue weighted by molar-refractivity contribution is 0.237. The Balaban J connectivity index is 2.47. The molecule has 8 heteroatoms. The van der Waals surface area contributed by atoms with Gasteiger partial charge in [0, 0.05) is 12.0 Å². The zero-order valence-electron chi connectivity index (χ0n) is 9.17. The molecule has 1 aliphatic heterocycles. The highest BCUT2D eigenvalue weighted by molar-refractivity contribution is 7.85. The Morgan fingerprint density at radius 3 is 2.61 bits per heavy atom. The molecule has 6 nitrogen and oxygen atoms in total. The van der Waals surface area contributed by atoms with Crippen molar-refractivity contribution in [1.29, 1.82) is 0 Å². The van der Waals surface area contributed by atoms with Gasteiger partial charge in [-0.1, -0.05) is 11.6 Å². The van der Waals surface area contributed by atoms with Crippen molar-refractivity contribution in [3.05, 3.63) is 22.7 Å². The smallest absolute Gasteiger partial charge is 0.296 e. The van der Waals surface area contributed by atoms with Gasteiger partial charge < -0.3 is 14.6 Å². The van der Waals surface area contributed by atoms with Crippen LogP contribution in [-0.2, 0) is 10.1 Å². The summed E-state index contributed by atoms with van der Waals surface area (Å²) in [5, 5.41) is 9.58. The van der Waals surface area contributed by atoms with E-state index >= 15 is 0 Å². The van der Waals surface area contributed by atoms with Gasteiger partial charge in [-0.3, -0.25) is 4.55 Å². The summed E-state index contributed by atoms with van der Waals surface area (Å²) in [6.45, 7) is 0.835. The molecule has 1 atom stereocenters. The molecular weight excluding hydrogens is 284 g/mol. The van der Waals surface area contributed by atoms with Crippen molar-refractivity contribution in [3.8, 4) is 11.5 Å². The maximum absolute atomic E-state index is 10.9. The molecular formula is C10H11ClO6S. The third-order valence-electron chi connectivity index (χ3n) is 2.39. The first-order valence-electron chi connectivity index (χ1n) is 5.13. The first kappa shape index (κ1) is 13.4. The quantitative estimate of drug-likeness (QED) is 0.801. The van der Waals surface area contributed by atoms with Gasteiger partial charge in [0.05, 0.1) is 18.2 Å². The summed E-state index contributed by atoms with van der Waals surface area (Å²) in [5.74, 6) is 0.554. The normalized spacial score (nSPS) is 17.1. The standard InChI is InChI=1S/C10H11ClO6S/c11-7-4-6(10(12)18(13,14)15)5-8-9(7)17-3-1-2-16-8/h4-5,10,12H,1-3H2,(H,13,14,15). The minimum atomic E-state index is -4.61. The van der Waals surface area contributed by atoms with E-state index in [2.05, 4.69) is 0 Å². The van der Waals surface area contributed by atoms with Crippen LogP contribution in [0, 0.1) is 0 Å². The first-order valence-corrected chi connectivity index (χ1v) is 7.01. The summed E-state index contributed by atoms with van der Waals surface area (Å²) in [6, 6.07) is 2.50. The lowest BCUT2D eigenvalue weighted by atomic mass is 10.2. The summed E-state index contributed by atoms with van der Waals surface area (Å²) in [4.78, 5) is 0. The fourth-order valence-corrected chi connectivity index (χ4v) is 2.32. The Bertz CT molecular complexity index is 556. The molecule has 1 aliphatic rings. The molecule has 0 fully saturated rings. The summed E-state index contributed by atoms with van der Waals surface area (Å²) in [7, 11) is -4.61. The van der Waals surface area contributed by atoms with Crippen molar-refractivity contribution in [1.82, 2.24) is 0 Å². The minimum Gasteiger partial charge on any atom is -0.489 e. The van der Waals surface area contributed by atoms with Crippen LogP contribution in [0.15, 0.2) is 12.1 Å². The van der Waals surface area contributed by atoms with Gasteiger partial charge >= 0.3 is 0 Å². The van der Waals surface area contributed by atoms with Gasteiger partial charge in [-0.25, -0.2) is 0 Å². The lowest BCUT2D eigenvalue weighted by Gasteiger charge is -2.13. The van der Waals surface area contributed by atoms with Gasteiger partial charge in [-0.05, 0) is 12.1 Å². The summed E-state index contributed by atoms with van der Waals surface area (Å²) in [5.41, 5.74) is -2.14. The Kier molecular flexibility index (Phi) is 3.67. The van der Waals surface area contributed by atoms with Gasteiger partial charge in [0.2, 0.25) is 5.44 Å². The van der Waals surface area contributed by atoms with Crippen molar-refractivity contribution in [2.24, 2.45) is 0 Å². The Labute approximate surface area is 109 Å². The number of benzene rings is 1. The monoisotopic (exact) mass is 294 g/mol. The first-order chi connectivity index (χ1) is 8.39. The van der Waals surface area contributed by atoms with Crippen LogP contribution in [0.2, 0.25) is 5.02 Å². The van der Waals surface area contributed by atoms with Crippen LogP contribution in [0.5, 0.6) is 11.5 Å². The molecule has 0 saturated heterocycles. The second-order valence-corrected chi connectivity index (χ2v) is 5.63. The van der Waals surface area contributed by atoms with Crippen LogP contribution in [-0.4, -0.2) is 31.3 Å². The van der Waals surface area contributed by atoms with Gasteiger partial charge in [-0.15, -0.1) is 0 Å². The number of hydrogen-bond acceptors (Lipinski definition) is 5. The van der Waals surface area contributed by atoms with Crippen LogP contribution in [0.3, 0.4) is 0 Å². The third-order valence-corrected chi connectivity index (χ3v) is 3.51. The van der Waals surface area contributed by atoms with E-state index in [-0.39, 0.29) is 16.3 Å². The second kappa shape index (κ2) is 4.93. The van der Waals surface area contributed by atoms with E-state index in [1.165, 1.54) is 12.1 Å². The predicted molar refractivity (Wildman–Crippen MR) is 63.6 cm³/mol. The predicted octanol–water partition coefficient (Wildman–Crippen LogP) is 1.38. The van der Waals surface area contributed by atoms with Gasteiger partial charge in [-0.2, -0.15) is 8.42 Å². The Morgan fingerprint density at radius 1 is 1.28 bits per heavy atom.